The van der Waals surface area contributed by atoms with E-state index in [2.05, 4.69) is 26.0 Å². The zero-order valence-electron chi connectivity index (χ0n) is 21.0. The summed E-state index contributed by atoms with van der Waals surface area (Å²) >= 11 is 6.00. The van der Waals surface area contributed by atoms with E-state index in [9.17, 15) is 23.2 Å². The largest absolute Gasteiger partial charge is 0.382 e. The molecule has 0 aliphatic carbocycles. The molecule has 1 aromatic carbocycles. The van der Waals surface area contributed by atoms with Crippen LogP contribution in [0.15, 0.2) is 54.9 Å². The molecule has 1 saturated heterocycles. The van der Waals surface area contributed by atoms with Crippen LogP contribution in [0.1, 0.15) is 33.7 Å². The summed E-state index contributed by atoms with van der Waals surface area (Å²) < 4.78 is 34.7. The highest BCUT2D eigenvalue weighted by molar-refractivity contribution is 6.30. The standard InChI is InChI=1S/C25H26ClF2N7O4/c1-34-18(8-10-31-34)22(36)33-21(15-3-5-17(26)6-4-15)23(37)32-20-11-16(7-9-29-20)19(12-39-2)35-14-25(27,28)13-30-24(35)38/h3-11,19,21H,12-14H2,1-2H3,(H,30,38)(H,33,36)(H,29,32,37)/t19-,21+/m1/s1. The van der Waals surface area contributed by atoms with Crippen molar-refractivity contribution in [3.05, 3.63) is 76.7 Å². The zero-order chi connectivity index (χ0) is 28.2. The third-order valence-electron chi connectivity index (χ3n) is 6.08. The highest BCUT2D eigenvalue weighted by Crippen LogP contribution is 2.29. The van der Waals surface area contributed by atoms with Gasteiger partial charge in [-0.1, -0.05) is 23.7 Å². The van der Waals surface area contributed by atoms with Crippen molar-refractivity contribution in [2.45, 2.75) is 18.0 Å². The van der Waals surface area contributed by atoms with Crippen LogP contribution in [0.3, 0.4) is 0 Å². The second-order valence-electron chi connectivity index (χ2n) is 8.88. The SMILES string of the molecule is COC[C@H](c1ccnc(NC(=O)[C@@H](NC(=O)c2ccnn2C)c2ccc(Cl)cc2)c1)N1CC(F)(F)CNC1=O. The van der Waals surface area contributed by atoms with E-state index in [-0.39, 0.29) is 18.1 Å². The van der Waals surface area contributed by atoms with Gasteiger partial charge in [0, 0.05) is 31.6 Å². The number of hydrogen-bond acceptors (Lipinski definition) is 6. The Morgan fingerprint density at radius 2 is 1.92 bits per heavy atom. The molecule has 0 radical (unpaired) electrons. The van der Waals surface area contributed by atoms with Gasteiger partial charge in [-0.3, -0.25) is 14.3 Å². The molecule has 39 heavy (non-hydrogen) atoms. The molecule has 11 nitrogen and oxygen atoms in total. The van der Waals surface area contributed by atoms with E-state index in [1.807, 2.05) is 0 Å². The molecule has 2 aromatic heterocycles. The van der Waals surface area contributed by atoms with Crippen LogP contribution in [-0.2, 0) is 16.6 Å². The third kappa shape index (κ3) is 6.67. The van der Waals surface area contributed by atoms with E-state index in [4.69, 9.17) is 16.3 Å². The van der Waals surface area contributed by atoms with Crippen molar-refractivity contribution in [3.8, 4) is 0 Å². The number of methoxy groups -OCH3 is 1. The zero-order valence-corrected chi connectivity index (χ0v) is 21.8. The number of ether oxygens (including phenoxy) is 1. The molecule has 1 aliphatic heterocycles. The van der Waals surface area contributed by atoms with E-state index in [0.29, 0.717) is 16.1 Å². The number of pyridine rings is 1. The summed E-state index contributed by atoms with van der Waals surface area (Å²) in [4.78, 5) is 43.9. The number of hydrogen-bond donors (Lipinski definition) is 3. The lowest BCUT2D eigenvalue weighted by atomic mass is 10.0. The number of rotatable bonds is 9. The van der Waals surface area contributed by atoms with E-state index in [1.165, 1.54) is 36.3 Å². The van der Waals surface area contributed by atoms with Gasteiger partial charge in [-0.2, -0.15) is 5.10 Å². The Morgan fingerprint density at radius 1 is 1.18 bits per heavy atom. The number of aryl methyl sites for hydroxylation is 1. The first-order chi connectivity index (χ1) is 18.6. The lowest BCUT2D eigenvalue weighted by Crippen LogP contribution is -2.58. The number of alkyl halides is 2. The first-order valence-electron chi connectivity index (χ1n) is 11.8. The number of aromatic nitrogens is 3. The number of carbonyl (C=O) groups excluding carboxylic acids is 3. The number of anilines is 1. The smallest absolute Gasteiger partial charge is 0.318 e. The molecule has 206 valence electrons. The predicted molar refractivity (Wildman–Crippen MR) is 137 cm³/mol. The van der Waals surface area contributed by atoms with Gasteiger partial charge in [0.2, 0.25) is 0 Å². The molecule has 2 atom stereocenters. The molecule has 0 spiro atoms. The molecule has 3 N–H and O–H groups in total. The molecule has 4 amide bonds. The van der Waals surface area contributed by atoms with Gasteiger partial charge < -0.3 is 25.6 Å². The van der Waals surface area contributed by atoms with E-state index < -0.39 is 48.9 Å². The van der Waals surface area contributed by atoms with Gasteiger partial charge in [-0.05, 0) is 41.5 Å². The molecule has 14 heteroatoms. The monoisotopic (exact) mass is 561 g/mol. The van der Waals surface area contributed by atoms with Crippen LogP contribution in [0.5, 0.6) is 0 Å². The number of halogens is 3. The van der Waals surface area contributed by atoms with Crippen LogP contribution in [-0.4, -0.2) is 70.2 Å². The summed E-state index contributed by atoms with van der Waals surface area (Å²) in [6.07, 6.45) is 2.83. The minimum atomic E-state index is -3.12. The second kappa shape index (κ2) is 11.7. The van der Waals surface area contributed by atoms with Crippen molar-refractivity contribution in [3.63, 3.8) is 0 Å². The lowest BCUT2D eigenvalue weighted by Gasteiger charge is -2.38. The van der Waals surface area contributed by atoms with Gasteiger partial charge >= 0.3 is 6.03 Å². The van der Waals surface area contributed by atoms with Gasteiger partial charge in [0.25, 0.3) is 17.7 Å². The fourth-order valence-corrected chi connectivity index (χ4v) is 4.26. The van der Waals surface area contributed by atoms with Crippen LogP contribution < -0.4 is 16.0 Å². The van der Waals surface area contributed by atoms with Crippen molar-refractivity contribution in [1.82, 2.24) is 30.3 Å². The Morgan fingerprint density at radius 3 is 2.59 bits per heavy atom. The van der Waals surface area contributed by atoms with Crippen LogP contribution in [0.2, 0.25) is 5.02 Å². The summed E-state index contributed by atoms with van der Waals surface area (Å²) in [6.45, 7) is -1.62. The number of nitrogens with zero attached hydrogens (tertiary/aromatic N) is 4. The van der Waals surface area contributed by atoms with Gasteiger partial charge in [-0.15, -0.1) is 0 Å². The first kappa shape index (κ1) is 27.9. The number of amides is 4. The average molecular weight is 562 g/mol. The molecule has 4 rings (SSSR count). The highest BCUT2D eigenvalue weighted by atomic mass is 35.5. The lowest BCUT2D eigenvalue weighted by molar-refractivity contribution is -0.118. The molecule has 1 fully saturated rings. The van der Waals surface area contributed by atoms with Crippen molar-refractivity contribution in [2.75, 3.05) is 32.1 Å². The van der Waals surface area contributed by atoms with Crippen molar-refractivity contribution in [1.29, 1.82) is 0 Å². The number of urea groups is 1. The Hall–Kier alpha value is -4.10. The summed E-state index contributed by atoms with van der Waals surface area (Å²) in [6, 6.07) is 8.20. The van der Waals surface area contributed by atoms with Gasteiger partial charge in [0.05, 0.1) is 25.7 Å². The maximum absolute atomic E-state index is 14.1. The van der Waals surface area contributed by atoms with Crippen molar-refractivity contribution in [2.24, 2.45) is 7.05 Å². The van der Waals surface area contributed by atoms with E-state index in [1.54, 1.807) is 37.4 Å². The van der Waals surface area contributed by atoms with Gasteiger partial charge in [0.1, 0.15) is 17.6 Å². The maximum atomic E-state index is 14.1. The molecule has 0 bridgehead atoms. The summed E-state index contributed by atoms with van der Waals surface area (Å²) in [5.74, 6) is -4.20. The Kier molecular flexibility index (Phi) is 8.41. The normalized spacial score (nSPS) is 16.2. The summed E-state index contributed by atoms with van der Waals surface area (Å²) in [7, 11) is 2.98. The fraction of sp³-hybridized carbons (Fsp3) is 0.320. The van der Waals surface area contributed by atoms with Gasteiger partial charge in [0.15, 0.2) is 0 Å². The van der Waals surface area contributed by atoms with E-state index in [0.717, 1.165) is 4.90 Å². The molecule has 1 aliphatic rings. The number of carbonyl (C=O) groups is 3. The summed E-state index contributed by atoms with van der Waals surface area (Å²) in [5, 5.41) is 12.0. The number of benzene rings is 1. The maximum Gasteiger partial charge on any atom is 0.318 e. The quantitative estimate of drug-likeness (QED) is 0.368. The Labute approximate surface area is 227 Å². The molecular weight excluding hydrogens is 536 g/mol. The fourth-order valence-electron chi connectivity index (χ4n) is 4.14. The minimum absolute atomic E-state index is 0.0743. The highest BCUT2D eigenvalue weighted by Gasteiger charge is 2.42. The Balaban J connectivity index is 1.59. The van der Waals surface area contributed by atoms with Crippen molar-refractivity contribution >= 4 is 35.3 Å². The first-order valence-corrected chi connectivity index (χ1v) is 12.2. The summed E-state index contributed by atoms with van der Waals surface area (Å²) in [5.41, 5.74) is 1.10. The topological polar surface area (TPSA) is 130 Å². The molecule has 3 aromatic rings. The van der Waals surface area contributed by atoms with Gasteiger partial charge in [-0.25, -0.2) is 18.6 Å². The molecule has 3 heterocycles. The van der Waals surface area contributed by atoms with Crippen LogP contribution in [0, 0.1) is 0 Å². The van der Waals surface area contributed by atoms with Crippen LogP contribution in [0.25, 0.3) is 0 Å². The molecule has 0 unspecified atom stereocenters. The van der Waals surface area contributed by atoms with Crippen LogP contribution >= 0.6 is 11.6 Å². The minimum Gasteiger partial charge on any atom is -0.382 e. The van der Waals surface area contributed by atoms with Crippen LogP contribution in [0.4, 0.5) is 19.4 Å². The molecule has 0 saturated carbocycles. The third-order valence-corrected chi connectivity index (χ3v) is 6.33. The second-order valence-corrected chi connectivity index (χ2v) is 9.31. The molecular formula is C25H26ClF2N7O4. The number of nitrogens with one attached hydrogen (secondary N) is 3. The van der Waals surface area contributed by atoms with Crippen molar-refractivity contribution < 1.29 is 27.9 Å². The Bertz CT molecular complexity index is 1350. The average Bonchev–Trinajstić information content (AvgIpc) is 3.34. The van der Waals surface area contributed by atoms with E-state index >= 15 is 0 Å². The predicted octanol–water partition coefficient (Wildman–Crippen LogP) is 2.93.